The fourth-order valence-corrected chi connectivity index (χ4v) is 1.59. The quantitative estimate of drug-likeness (QED) is 0.581. The summed E-state index contributed by atoms with van der Waals surface area (Å²) in [6.45, 7) is 3.74. The Morgan fingerprint density at radius 2 is 2.21 bits per heavy atom. The zero-order valence-corrected chi connectivity index (χ0v) is 11.4. The van der Waals surface area contributed by atoms with Gasteiger partial charge in [0.05, 0.1) is 13.7 Å². The molecule has 4 nitrogen and oxygen atoms in total. The number of esters is 1. The first-order valence-corrected chi connectivity index (χ1v) is 6.36. The Morgan fingerprint density at radius 3 is 2.89 bits per heavy atom. The highest BCUT2D eigenvalue weighted by Crippen LogP contribution is 2.20. The van der Waals surface area contributed by atoms with Gasteiger partial charge in [-0.05, 0) is 31.2 Å². The molecule has 0 amide bonds. The average molecular weight is 269 g/mol. The molecule has 0 saturated carbocycles. The molecule has 0 aliphatic heterocycles. The minimum absolute atomic E-state index is 0.254. The molecule has 0 aliphatic rings. The van der Waals surface area contributed by atoms with E-state index >= 15 is 0 Å². The lowest BCUT2D eigenvalue weighted by atomic mass is 10.2. The maximum Gasteiger partial charge on any atom is 0.305 e. The Morgan fingerprint density at radius 1 is 1.42 bits per heavy atom. The summed E-state index contributed by atoms with van der Waals surface area (Å²) in [6.07, 6.45) is 0.894. The minimum atomic E-state index is -0.283. The number of carbonyl (C=O) groups excluding carboxylic acids is 1. The molecule has 1 aromatic carbocycles. The molecular formula is C14H20FNO3. The summed E-state index contributed by atoms with van der Waals surface area (Å²) >= 11 is 0. The summed E-state index contributed by atoms with van der Waals surface area (Å²) in [6, 6.07) is 4.43. The third-order valence-electron chi connectivity index (χ3n) is 2.60. The van der Waals surface area contributed by atoms with Gasteiger partial charge in [-0.1, -0.05) is 6.92 Å². The molecule has 0 aliphatic carbocycles. The minimum Gasteiger partial charge on any atom is -0.493 e. The standard InChI is InChI=1S/C14H20FNO3/c1-3-16-10-11-9-12(15)6-7-13(11)19-8-4-5-14(17)18-2/h6-7,9,16H,3-5,8,10H2,1-2H3. The van der Waals surface area contributed by atoms with E-state index in [0.717, 1.165) is 12.1 Å². The molecule has 1 N–H and O–H groups in total. The van der Waals surface area contributed by atoms with Crippen molar-refractivity contribution in [3.05, 3.63) is 29.6 Å². The van der Waals surface area contributed by atoms with Crippen LogP contribution in [0.15, 0.2) is 18.2 Å². The molecule has 0 radical (unpaired) electrons. The molecule has 5 heteroatoms. The maximum atomic E-state index is 13.2. The van der Waals surface area contributed by atoms with Crippen LogP contribution in [0.4, 0.5) is 4.39 Å². The Kier molecular flexibility index (Phi) is 6.89. The van der Waals surface area contributed by atoms with Crippen LogP contribution < -0.4 is 10.1 Å². The van der Waals surface area contributed by atoms with Crippen molar-refractivity contribution >= 4 is 5.97 Å². The van der Waals surface area contributed by atoms with Crippen LogP contribution in [0, 0.1) is 5.82 Å². The molecule has 106 valence electrons. The average Bonchev–Trinajstić information content (AvgIpc) is 2.42. The number of methoxy groups -OCH3 is 1. The van der Waals surface area contributed by atoms with E-state index in [-0.39, 0.29) is 11.8 Å². The lowest BCUT2D eigenvalue weighted by Crippen LogP contribution is -2.13. The predicted octanol–water partition coefficient (Wildman–Crippen LogP) is 2.27. The molecule has 0 fully saturated rings. The van der Waals surface area contributed by atoms with Crippen molar-refractivity contribution in [2.24, 2.45) is 0 Å². The van der Waals surface area contributed by atoms with Crippen LogP contribution in [-0.2, 0) is 16.1 Å². The first-order chi connectivity index (χ1) is 9.17. The van der Waals surface area contributed by atoms with Gasteiger partial charge < -0.3 is 14.8 Å². The van der Waals surface area contributed by atoms with Gasteiger partial charge in [0.2, 0.25) is 0 Å². The van der Waals surface area contributed by atoms with Crippen LogP contribution in [-0.4, -0.2) is 26.2 Å². The Bertz CT molecular complexity index is 410. The number of nitrogens with one attached hydrogen (secondary N) is 1. The second-order valence-electron chi connectivity index (χ2n) is 4.06. The molecule has 0 atom stereocenters. The summed E-state index contributed by atoms with van der Waals surface area (Å²) in [7, 11) is 1.36. The Hall–Kier alpha value is -1.62. The van der Waals surface area contributed by atoms with Crippen molar-refractivity contribution in [1.82, 2.24) is 5.32 Å². The first kappa shape index (κ1) is 15.4. The topological polar surface area (TPSA) is 47.6 Å². The summed E-state index contributed by atoms with van der Waals surface area (Å²) in [5.41, 5.74) is 0.778. The fourth-order valence-electron chi connectivity index (χ4n) is 1.59. The third kappa shape index (κ3) is 5.70. The van der Waals surface area contributed by atoms with Crippen molar-refractivity contribution in [1.29, 1.82) is 0 Å². The largest absolute Gasteiger partial charge is 0.493 e. The highest BCUT2D eigenvalue weighted by Gasteiger charge is 2.06. The van der Waals surface area contributed by atoms with E-state index in [1.807, 2.05) is 6.92 Å². The van der Waals surface area contributed by atoms with Crippen LogP contribution >= 0.6 is 0 Å². The van der Waals surface area contributed by atoms with Crippen molar-refractivity contribution in [3.63, 3.8) is 0 Å². The highest BCUT2D eigenvalue weighted by atomic mass is 19.1. The van der Waals surface area contributed by atoms with Crippen LogP contribution in [0.1, 0.15) is 25.3 Å². The van der Waals surface area contributed by atoms with Crippen LogP contribution in [0.25, 0.3) is 0 Å². The molecule has 0 unspecified atom stereocenters. The summed E-state index contributed by atoms with van der Waals surface area (Å²) in [5.74, 6) is 0.109. The Labute approximate surface area is 112 Å². The molecule has 1 aromatic rings. The second kappa shape index (κ2) is 8.48. The van der Waals surface area contributed by atoms with Crippen molar-refractivity contribution in [2.45, 2.75) is 26.3 Å². The van der Waals surface area contributed by atoms with Gasteiger partial charge in [-0.3, -0.25) is 4.79 Å². The normalized spacial score (nSPS) is 10.3. The molecule has 1 rings (SSSR count). The van der Waals surface area contributed by atoms with Gasteiger partial charge in [-0.2, -0.15) is 0 Å². The van der Waals surface area contributed by atoms with Crippen molar-refractivity contribution < 1.29 is 18.7 Å². The van der Waals surface area contributed by atoms with Gasteiger partial charge in [0.15, 0.2) is 0 Å². The number of halogens is 1. The van der Waals surface area contributed by atoms with Crippen LogP contribution in [0.5, 0.6) is 5.75 Å². The molecule has 0 heterocycles. The Balaban J connectivity index is 2.49. The predicted molar refractivity (Wildman–Crippen MR) is 70.5 cm³/mol. The lowest BCUT2D eigenvalue weighted by Gasteiger charge is -2.11. The fraction of sp³-hybridized carbons (Fsp3) is 0.500. The molecule has 0 spiro atoms. The summed E-state index contributed by atoms with van der Waals surface area (Å²) in [5, 5.41) is 3.13. The van der Waals surface area contributed by atoms with Crippen LogP contribution in [0.2, 0.25) is 0 Å². The SMILES string of the molecule is CCNCc1cc(F)ccc1OCCCC(=O)OC. The first-order valence-electron chi connectivity index (χ1n) is 6.36. The van der Waals surface area contributed by atoms with E-state index in [9.17, 15) is 9.18 Å². The zero-order chi connectivity index (χ0) is 14.1. The smallest absolute Gasteiger partial charge is 0.305 e. The monoisotopic (exact) mass is 269 g/mol. The third-order valence-corrected chi connectivity index (χ3v) is 2.60. The number of carbonyl (C=O) groups is 1. The number of hydrogen-bond acceptors (Lipinski definition) is 4. The van der Waals surface area contributed by atoms with E-state index in [4.69, 9.17) is 4.74 Å². The molecule has 19 heavy (non-hydrogen) atoms. The van der Waals surface area contributed by atoms with E-state index in [1.165, 1.54) is 19.2 Å². The van der Waals surface area contributed by atoms with Gasteiger partial charge in [-0.15, -0.1) is 0 Å². The van der Waals surface area contributed by atoms with Crippen molar-refractivity contribution in [2.75, 3.05) is 20.3 Å². The summed E-state index contributed by atoms with van der Waals surface area (Å²) in [4.78, 5) is 10.9. The van der Waals surface area contributed by atoms with E-state index in [0.29, 0.717) is 31.7 Å². The summed E-state index contributed by atoms with van der Waals surface area (Å²) < 4.78 is 23.3. The van der Waals surface area contributed by atoms with Gasteiger partial charge in [-0.25, -0.2) is 4.39 Å². The maximum absolute atomic E-state index is 13.2. The van der Waals surface area contributed by atoms with E-state index in [2.05, 4.69) is 10.1 Å². The van der Waals surface area contributed by atoms with Gasteiger partial charge >= 0.3 is 5.97 Å². The second-order valence-corrected chi connectivity index (χ2v) is 4.06. The van der Waals surface area contributed by atoms with Gasteiger partial charge in [0.25, 0.3) is 0 Å². The number of rotatable bonds is 8. The van der Waals surface area contributed by atoms with Gasteiger partial charge in [0, 0.05) is 18.5 Å². The van der Waals surface area contributed by atoms with Gasteiger partial charge in [0.1, 0.15) is 11.6 Å². The van der Waals surface area contributed by atoms with Crippen LogP contribution in [0.3, 0.4) is 0 Å². The van der Waals surface area contributed by atoms with E-state index < -0.39 is 0 Å². The number of ether oxygens (including phenoxy) is 2. The molecular weight excluding hydrogens is 249 g/mol. The van der Waals surface area contributed by atoms with E-state index in [1.54, 1.807) is 6.07 Å². The zero-order valence-electron chi connectivity index (χ0n) is 11.4. The molecule has 0 aromatic heterocycles. The molecule has 0 bridgehead atoms. The number of benzene rings is 1. The number of hydrogen-bond donors (Lipinski definition) is 1. The highest BCUT2D eigenvalue weighted by molar-refractivity contribution is 5.69. The lowest BCUT2D eigenvalue weighted by molar-refractivity contribution is -0.140. The molecule has 0 saturated heterocycles. The van der Waals surface area contributed by atoms with Crippen molar-refractivity contribution in [3.8, 4) is 5.75 Å².